The van der Waals surface area contributed by atoms with Gasteiger partial charge in [-0.25, -0.2) is 0 Å². The molecule has 172 valence electrons. The predicted octanol–water partition coefficient (Wildman–Crippen LogP) is 8.71. The molecule has 4 aromatic rings. The fraction of sp³-hybridized carbons (Fsp3) is 0. The molecular weight excluding hydrogens is 436 g/mol. The van der Waals surface area contributed by atoms with Crippen LogP contribution in [0, 0.1) is 0 Å². The van der Waals surface area contributed by atoms with Crippen molar-refractivity contribution in [2.75, 3.05) is 9.80 Å². The number of hydrogen-bond donors (Lipinski definition) is 0. The summed E-state index contributed by atoms with van der Waals surface area (Å²) in [5.74, 6) is 0. The van der Waals surface area contributed by atoms with E-state index in [1.807, 2.05) is 0 Å². The van der Waals surface area contributed by atoms with Gasteiger partial charge in [0.25, 0.3) is 0 Å². The van der Waals surface area contributed by atoms with Crippen LogP contribution in [0.25, 0.3) is 22.3 Å². The first kappa shape index (κ1) is 21.7. The summed E-state index contributed by atoms with van der Waals surface area (Å²) in [7, 11) is 0. The number of rotatable bonds is 4. The smallest absolute Gasteiger partial charge is 0.0527 e. The van der Waals surface area contributed by atoms with E-state index < -0.39 is 0 Å². The number of para-hydroxylation sites is 2. The molecule has 0 bridgehead atoms. The van der Waals surface area contributed by atoms with E-state index in [9.17, 15) is 0 Å². The van der Waals surface area contributed by atoms with E-state index in [0.29, 0.717) is 0 Å². The highest BCUT2D eigenvalue weighted by Crippen LogP contribution is 2.34. The zero-order chi connectivity index (χ0) is 24.2. The highest BCUT2D eigenvalue weighted by atomic mass is 15.1. The quantitative estimate of drug-likeness (QED) is 0.299. The second-order valence-electron chi connectivity index (χ2n) is 8.75. The Morgan fingerprint density at radius 1 is 0.333 bits per heavy atom. The minimum atomic E-state index is 1.17. The van der Waals surface area contributed by atoms with Crippen LogP contribution in [0.5, 0.6) is 0 Å². The molecule has 6 rings (SSSR count). The van der Waals surface area contributed by atoms with E-state index in [0.717, 1.165) is 0 Å². The van der Waals surface area contributed by atoms with Gasteiger partial charge in [-0.1, -0.05) is 97.1 Å². The van der Waals surface area contributed by atoms with Gasteiger partial charge in [0.05, 0.1) is 11.4 Å². The van der Waals surface area contributed by atoms with Gasteiger partial charge < -0.3 is 9.80 Å². The van der Waals surface area contributed by atoms with Crippen molar-refractivity contribution in [3.05, 3.63) is 169 Å². The first-order valence-electron chi connectivity index (χ1n) is 12.2. The lowest BCUT2D eigenvalue weighted by molar-refractivity contribution is 1.22. The topological polar surface area (TPSA) is 6.48 Å². The van der Waals surface area contributed by atoms with Crippen LogP contribution in [0.4, 0.5) is 11.4 Å². The van der Waals surface area contributed by atoms with Crippen molar-refractivity contribution in [1.29, 1.82) is 0 Å². The molecule has 4 aromatic carbocycles. The molecule has 0 aromatic heterocycles. The Bertz CT molecular complexity index is 1370. The van der Waals surface area contributed by atoms with Gasteiger partial charge in [-0.2, -0.15) is 0 Å². The van der Waals surface area contributed by atoms with Crippen molar-refractivity contribution in [2.24, 2.45) is 0 Å². The lowest BCUT2D eigenvalue weighted by Gasteiger charge is -2.24. The molecule has 0 radical (unpaired) electrons. The van der Waals surface area contributed by atoms with Gasteiger partial charge in [-0.15, -0.1) is 0 Å². The highest BCUT2D eigenvalue weighted by Gasteiger charge is 2.14. The van der Waals surface area contributed by atoms with E-state index >= 15 is 0 Å². The Hall–Kier alpha value is -4.82. The van der Waals surface area contributed by atoms with E-state index in [4.69, 9.17) is 0 Å². The van der Waals surface area contributed by atoms with Crippen LogP contribution in [0.1, 0.15) is 0 Å². The van der Waals surface area contributed by atoms with E-state index in [2.05, 4.69) is 168 Å². The van der Waals surface area contributed by atoms with Gasteiger partial charge in [-0.05, 0) is 58.7 Å². The maximum atomic E-state index is 2.19. The van der Waals surface area contributed by atoms with Crippen molar-refractivity contribution in [2.45, 2.75) is 0 Å². The predicted molar refractivity (Wildman–Crippen MR) is 152 cm³/mol. The molecule has 0 amide bonds. The number of anilines is 2. The van der Waals surface area contributed by atoms with Crippen LogP contribution in [0.3, 0.4) is 0 Å². The molecule has 2 nitrogen and oxygen atoms in total. The van der Waals surface area contributed by atoms with Gasteiger partial charge in [-0.3, -0.25) is 0 Å². The van der Waals surface area contributed by atoms with Crippen molar-refractivity contribution in [1.82, 2.24) is 0 Å². The second-order valence-corrected chi connectivity index (χ2v) is 8.75. The van der Waals surface area contributed by atoms with Crippen LogP contribution >= 0.6 is 0 Å². The summed E-state index contributed by atoms with van der Waals surface area (Å²) < 4.78 is 0. The maximum Gasteiger partial charge on any atom is 0.0527 e. The van der Waals surface area contributed by atoms with Crippen molar-refractivity contribution in [3.63, 3.8) is 0 Å². The van der Waals surface area contributed by atoms with E-state index in [-0.39, 0.29) is 0 Å². The van der Waals surface area contributed by atoms with Gasteiger partial charge in [0.15, 0.2) is 0 Å². The average Bonchev–Trinajstić information content (AvgIpc) is 2.98. The third-order valence-corrected chi connectivity index (χ3v) is 6.53. The largest absolute Gasteiger partial charge is 0.323 e. The monoisotopic (exact) mass is 462 g/mol. The summed E-state index contributed by atoms with van der Waals surface area (Å²) in [5.41, 5.74) is 9.57. The Morgan fingerprint density at radius 3 is 1.06 bits per heavy atom. The summed E-state index contributed by atoms with van der Waals surface area (Å²) in [4.78, 5) is 4.37. The van der Waals surface area contributed by atoms with Crippen LogP contribution in [-0.4, -0.2) is 0 Å². The SMILES string of the molecule is C1=CN(c2ccccc2-c2ccccc2)C=CC1=C1C=CN(c2ccccc2-c2ccccc2)C=C1. The fourth-order valence-corrected chi connectivity index (χ4v) is 4.68. The number of allylic oxidation sites excluding steroid dienone is 6. The number of benzene rings is 4. The summed E-state index contributed by atoms with van der Waals surface area (Å²) in [6.45, 7) is 0. The molecule has 2 aliphatic heterocycles. The molecule has 0 aliphatic carbocycles. The van der Waals surface area contributed by atoms with Crippen LogP contribution in [0.15, 0.2) is 169 Å². The van der Waals surface area contributed by atoms with Crippen molar-refractivity contribution >= 4 is 11.4 Å². The zero-order valence-electron chi connectivity index (χ0n) is 19.9. The van der Waals surface area contributed by atoms with Crippen LogP contribution < -0.4 is 9.80 Å². The molecule has 0 saturated heterocycles. The second kappa shape index (κ2) is 9.81. The van der Waals surface area contributed by atoms with Crippen LogP contribution in [0.2, 0.25) is 0 Å². The third-order valence-electron chi connectivity index (χ3n) is 6.53. The Balaban J connectivity index is 1.24. The van der Waals surface area contributed by atoms with Gasteiger partial charge in [0.2, 0.25) is 0 Å². The first-order valence-corrected chi connectivity index (χ1v) is 12.2. The highest BCUT2D eigenvalue weighted by molar-refractivity contribution is 5.82. The van der Waals surface area contributed by atoms with Gasteiger partial charge in [0.1, 0.15) is 0 Å². The van der Waals surface area contributed by atoms with Gasteiger partial charge in [0, 0.05) is 35.9 Å². The first-order chi connectivity index (χ1) is 17.9. The molecule has 0 atom stereocenters. The normalized spacial score (nSPS) is 14.6. The molecule has 0 N–H and O–H groups in total. The minimum absolute atomic E-state index is 1.17. The van der Waals surface area contributed by atoms with Gasteiger partial charge >= 0.3 is 0 Å². The molecule has 36 heavy (non-hydrogen) atoms. The maximum absolute atomic E-state index is 2.19. The molecular formula is C34H26N2. The molecule has 0 fully saturated rings. The average molecular weight is 463 g/mol. The van der Waals surface area contributed by atoms with Crippen LogP contribution in [-0.2, 0) is 0 Å². The zero-order valence-corrected chi connectivity index (χ0v) is 19.9. The molecule has 0 unspecified atom stereocenters. The standard InChI is InChI=1S/C34H26N2/c1-3-11-29(12-4-1)31-15-7-9-17-33(31)35-23-19-27(20-24-35)28-21-25-36(26-22-28)34-18-10-8-16-32(34)30-13-5-2-6-14-30/h1-26H. The Kier molecular flexibility index (Phi) is 5.91. The summed E-state index contributed by atoms with van der Waals surface area (Å²) in [6, 6.07) is 38.1. The Morgan fingerprint density at radius 2 is 0.667 bits per heavy atom. The molecule has 0 saturated carbocycles. The van der Waals surface area contributed by atoms with E-state index in [1.54, 1.807) is 0 Å². The molecule has 2 heteroatoms. The summed E-state index contributed by atoms with van der Waals surface area (Å²) in [6.07, 6.45) is 17.3. The lowest BCUT2D eigenvalue weighted by atomic mass is 10.0. The summed E-state index contributed by atoms with van der Waals surface area (Å²) >= 11 is 0. The fourth-order valence-electron chi connectivity index (χ4n) is 4.68. The third kappa shape index (κ3) is 4.33. The minimum Gasteiger partial charge on any atom is -0.323 e. The molecule has 2 aliphatic rings. The number of hydrogen-bond acceptors (Lipinski definition) is 2. The molecule has 0 spiro atoms. The lowest BCUT2D eigenvalue weighted by Crippen LogP contribution is -2.13. The number of nitrogens with zero attached hydrogens (tertiary/aromatic N) is 2. The summed E-state index contributed by atoms with van der Waals surface area (Å²) in [5, 5.41) is 0. The Labute approximate surface area is 212 Å². The van der Waals surface area contributed by atoms with Crippen molar-refractivity contribution in [3.8, 4) is 22.3 Å². The van der Waals surface area contributed by atoms with Crippen molar-refractivity contribution < 1.29 is 0 Å². The molecule has 2 heterocycles. The van der Waals surface area contributed by atoms with E-state index in [1.165, 1.54) is 44.8 Å².